The lowest BCUT2D eigenvalue weighted by Crippen LogP contribution is -2.35. The number of carbonyl (C=O) groups excluding carboxylic acids is 1. The molecule has 0 radical (unpaired) electrons. The van der Waals surface area contributed by atoms with Crippen LogP contribution in [0.15, 0.2) is 60.8 Å². The number of carbonyl (C=O) groups is 1. The molecule has 0 bridgehead atoms. The lowest BCUT2D eigenvalue weighted by atomic mass is 10.2. The zero-order chi connectivity index (χ0) is 21.5. The van der Waals surface area contributed by atoms with E-state index in [0.29, 0.717) is 5.56 Å². The number of nitrogens with zero attached hydrogens (tertiary/aromatic N) is 3. The Morgan fingerprint density at radius 1 is 1.03 bits per heavy atom. The Hall–Kier alpha value is -3.06. The maximum atomic E-state index is 13.0. The van der Waals surface area contributed by atoms with E-state index in [2.05, 4.69) is 25.5 Å². The summed E-state index contributed by atoms with van der Waals surface area (Å²) >= 11 is 1.94. The summed E-state index contributed by atoms with van der Waals surface area (Å²) in [5, 5.41) is 6.41. The number of hydrogen-bond donors (Lipinski definition) is 2. The molecular weight excluding hydrogens is 406 g/mol. The molecule has 1 amide bonds. The molecule has 6 nitrogen and oxygen atoms in total. The van der Waals surface area contributed by atoms with Gasteiger partial charge in [-0.3, -0.25) is 9.78 Å². The molecular formula is C24H27N5OS. The molecule has 1 saturated heterocycles. The summed E-state index contributed by atoms with van der Waals surface area (Å²) in [6, 6.07) is 17.5. The third kappa shape index (κ3) is 5.76. The molecule has 4 rings (SSSR count). The van der Waals surface area contributed by atoms with Crippen molar-refractivity contribution in [1.82, 2.24) is 9.97 Å². The van der Waals surface area contributed by atoms with E-state index >= 15 is 0 Å². The molecule has 0 spiro atoms. The minimum atomic E-state index is -0.128. The fourth-order valence-electron chi connectivity index (χ4n) is 3.49. The van der Waals surface area contributed by atoms with Gasteiger partial charge in [0.25, 0.3) is 5.91 Å². The molecule has 0 unspecified atom stereocenters. The van der Waals surface area contributed by atoms with Crippen LogP contribution in [0.25, 0.3) is 0 Å². The lowest BCUT2D eigenvalue weighted by molar-refractivity contribution is 0.102. The number of thioether (sulfide) groups is 1. The molecule has 1 aliphatic rings. The van der Waals surface area contributed by atoms with E-state index in [4.69, 9.17) is 0 Å². The van der Waals surface area contributed by atoms with Crippen molar-refractivity contribution in [3.8, 4) is 0 Å². The Balaban J connectivity index is 1.37. The van der Waals surface area contributed by atoms with Gasteiger partial charge in [-0.25, -0.2) is 4.98 Å². The first kappa shape index (κ1) is 21.2. The van der Waals surface area contributed by atoms with Crippen LogP contribution in [0.1, 0.15) is 21.7 Å². The summed E-state index contributed by atoms with van der Waals surface area (Å²) in [7, 11) is 0. The third-order valence-electron chi connectivity index (χ3n) is 5.15. The molecule has 0 aliphatic carbocycles. The lowest BCUT2D eigenvalue weighted by Gasteiger charge is -2.29. The van der Waals surface area contributed by atoms with E-state index in [1.54, 1.807) is 0 Å². The highest BCUT2D eigenvalue weighted by atomic mass is 32.2. The van der Waals surface area contributed by atoms with Crippen LogP contribution in [-0.2, 0) is 6.42 Å². The zero-order valence-corrected chi connectivity index (χ0v) is 18.5. The van der Waals surface area contributed by atoms with Crippen molar-refractivity contribution in [2.24, 2.45) is 0 Å². The highest BCUT2D eigenvalue weighted by molar-refractivity contribution is 7.99. The molecule has 2 N–H and O–H groups in total. The van der Waals surface area contributed by atoms with Crippen LogP contribution in [0.3, 0.4) is 0 Å². The third-order valence-corrected chi connectivity index (χ3v) is 6.09. The van der Waals surface area contributed by atoms with Gasteiger partial charge in [0, 0.05) is 66.5 Å². The first-order valence-electron chi connectivity index (χ1n) is 10.5. The number of aryl methyl sites for hydroxylation is 1. The van der Waals surface area contributed by atoms with E-state index in [-0.39, 0.29) is 5.91 Å². The number of pyridine rings is 2. The van der Waals surface area contributed by atoms with Gasteiger partial charge >= 0.3 is 0 Å². The Kier molecular flexibility index (Phi) is 7.04. The SMILES string of the molecule is Cc1ccc(C(=O)Nc2ccc(NCCc3ccccn3)cc2)c(N2CCSCC2)n1. The Bertz CT molecular complexity index is 1000. The van der Waals surface area contributed by atoms with E-state index in [1.807, 2.05) is 79.5 Å². The monoisotopic (exact) mass is 433 g/mol. The van der Waals surface area contributed by atoms with Crippen LogP contribution in [0, 0.1) is 6.92 Å². The topological polar surface area (TPSA) is 70.2 Å². The minimum Gasteiger partial charge on any atom is -0.385 e. The zero-order valence-electron chi connectivity index (χ0n) is 17.7. The van der Waals surface area contributed by atoms with Gasteiger partial charge in [-0.05, 0) is 55.5 Å². The molecule has 1 aliphatic heterocycles. The van der Waals surface area contributed by atoms with Gasteiger partial charge in [0.15, 0.2) is 0 Å². The average molecular weight is 434 g/mol. The molecule has 160 valence electrons. The second-order valence-corrected chi connectivity index (χ2v) is 8.68. The van der Waals surface area contributed by atoms with Crippen LogP contribution >= 0.6 is 11.8 Å². The van der Waals surface area contributed by atoms with Crippen molar-refractivity contribution < 1.29 is 4.79 Å². The van der Waals surface area contributed by atoms with Crippen molar-refractivity contribution in [2.75, 3.05) is 46.7 Å². The quantitative estimate of drug-likeness (QED) is 0.581. The molecule has 31 heavy (non-hydrogen) atoms. The van der Waals surface area contributed by atoms with Gasteiger partial charge in [0.2, 0.25) is 0 Å². The van der Waals surface area contributed by atoms with E-state index in [1.165, 1.54) is 0 Å². The van der Waals surface area contributed by atoms with Crippen LogP contribution in [0.2, 0.25) is 0 Å². The van der Waals surface area contributed by atoms with Gasteiger partial charge in [-0.1, -0.05) is 6.07 Å². The van der Waals surface area contributed by atoms with E-state index in [9.17, 15) is 4.79 Å². The molecule has 1 aromatic carbocycles. The highest BCUT2D eigenvalue weighted by Gasteiger charge is 2.20. The van der Waals surface area contributed by atoms with Crippen LogP contribution in [0.5, 0.6) is 0 Å². The van der Waals surface area contributed by atoms with E-state index in [0.717, 1.165) is 66.1 Å². The Labute approximate surface area is 187 Å². The van der Waals surface area contributed by atoms with Crippen molar-refractivity contribution in [2.45, 2.75) is 13.3 Å². The van der Waals surface area contributed by atoms with Crippen LogP contribution < -0.4 is 15.5 Å². The number of amides is 1. The number of nitrogens with one attached hydrogen (secondary N) is 2. The van der Waals surface area contributed by atoms with Gasteiger partial charge in [0.05, 0.1) is 5.56 Å². The van der Waals surface area contributed by atoms with Crippen molar-refractivity contribution >= 4 is 34.9 Å². The molecule has 0 atom stereocenters. The van der Waals surface area contributed by atoms with Crippen molar-refractivity contribution in [3.63, 3.8) is 0 Å². The summed E-state index contributed by atoms with van der Waals surface area (Å²) in [6.07, 6.45) is 2.67. The molecule has 1 fully saturated rings. The van der Waals surface area contributed by atoms with Crippen molar-refractivity contribution in [1.29, 1.82) is 0 Å². The van der Waals surface area contributed by atoms with Gasteiger partial charge < -0.3 is 15.5 Å². The predicted octanol–water partition coefficient (Wildman–Crippen LogP) is 4.25. The first-order valence-corrected chi connectivity index (χ1v) is 11.7. The number of aromatic nitrogens is 2. The minimum absolute atomic E-state index is 0.128. The second-order valence-electron chi connectivity index (χ2n) is 7.45. The largest absolute Gasteiger partial charge is 0.385 e. The smallest absolute Gasteiger partial charge is 0.259 e. The Morgan fingerprint density at radius 2 is 1.81 bits per heavy atom. The molecule has 0 saturated carbocycles. The summed E-state index contributed by atoms with van der Waals surface area (Å²) in [5.74, 6) is 2.78. The summed E-state index contributed by atoms with van der Waals surface area (Å²) < 4.78 is 0. The molecule has 3 aromatic rings. The number of hydrogen-bond acceptors (Lipinski definition) is 6. The fraction of sp³-hybridized carbons (Fsp3) is 0.292. The van der Waals surface area contributed by atoms with Crippen molar-refractivity contribution in [3.05, 3.63) is 77.7 Å². The molecule has 2 aromatic heterocycles. The number of rotatable bonds is 7. The van der Waals surface area contributed by atoms with Gasteiger partial charge in [-0.15, -0.1) is 0 Å². The van der Waals surface area contributed by atoms with Crippen LogP contribution in [-0.4, -0.2) is 47.0 Å². The van der Waals surface area contributed by atoms with Gasteiger partial charge in [0.1, 0.15) is 5.82 Å². The Morgan fingerprint density at radius 3 is 2.55 bits per heavy atom. The summed E-state index contributed by atoms with van der Waals surface area (Å²) in [4.78, 5) is 24.2. The summed E-state index contributed by atoms with van der Waals surface area (Å²) in [6.45, 7) is 4.60. The average Bonchev–Trinajstić information content (AvgIpc) is 2.81. The van der Waals surface area contributed by atoms with Crippen LogP contribution in [0.4, 0.5) is 17.2 Å². The molecule has 3 heterocycles. The molecule has 7 heteroatoms. The van der Waals surface area contributed by atoms with Gasteiger partial charge in [-0.2, -0.15) is 11.8 Å². The van der Waals surface area contributed by atoms with E-state index < -0.39 is 0 Å². The predicted molar refractivity (Wildman–Crippen MR) is 129 cm³/mol. The normalized spacial score (nSPS) is 13.6. The number of benzene rings is 1. The standard InChI is InChI=1S/C24H27N5OS/c1-18-5-10-22(23(27-18)29-14-16-31-17-15-29)24(30)28-21-8-6-20(7-9-21)26-13-11-19-4-2-3-12-25-19/h2-10,12,26H,11,13-17H2,1H3,(H,28,30). The maximum Gasteiger partial charge on any atom is 0.259 e. The second kappa shape index (κ2) is 10.3. The fourth-order valence-corrected chi connectivity index (χ4v) is 4.39. The maximum absolute atomic E-state index is 13.0. The first-order chi connectivity index (χ1) is 15.2. The highest BCUT2D eigenvalue weighted by Crippen LogP contribution is 2.24. The number of anilines is 3. The summed E-state index contributed by atoms with van der Waals surface area (Å²) in [5.41, 5.74) is 4.38.